The molecule has 0 radical (unpaired) electrons. The number of fused-ring (bicyclic) bond motifs is 3. The number of anilines is 1. The zero-order chi connectivity index (χ0) is 21.3. The SMILES string of the molecule is O=S(=O)(Nc1ccccc1C#Cc1cccnc1)c1ccc2c(c1)[nH]c1ccccc12. The first-order valence-corrected chi connectivity index (χ1v) is 11.1. The maximum Gasteiger partial charge on any atom is 0.262 e. The van der Waals surface area contributed by atoms with Gasteiger partial charge in [0, 0.05) is 45.3 Å². The molecule has 3 aromatic carbocycles. The van der Waals surface area contributed by atoms with Crippen LogP contribution in [0.15, 0.2) is 96.2 Å². The number of rotatable bonds is 3. The molecule has 0 aliphatic heterocycles. The zero-order valence-corrected chi connectivity index (χ0v) is 17.1. The largest absolute Gasteiger partial charge is 0.354 e. The normalized spacial score (nSPS) is 11.2. The lowest BCUT2D eigenvalue weighted by Crippen LogP contribution is -2.13. The molecule has 0 bridgehead atoms. The predicted octanol–water partition coefficient (Wildman–Crippen LogP) is 4.92. The van der Waals surface area contributed by atoms with Crippen LogP contribution in [0, 0.1) is 11.8 Å². The van der Waals surface area contributed by atoms with Crippen LogP contribution >= 0.6 is 0 Å². The molecule has 0 saturated heterocycles. The first-order valence-electron chi connectivity index (χ1n) is 9.64. The fourth-order valence-electron chi connectivity index (χ4n) is 3.46. The van der Waals surface area contributed by atoms with Crippen molar-refractivity contribution in [2.24, 2.45) is 0 Å². The molecule has 0 amide bonds. The fraction of sp³-hybridized carbons (Fsp3) is 0. The van der Waals surface area contributed by atoms with Crippen LogP contribution in [0.25, 0.3) is 21.8 Å². The van der Waals surface area contributed by atoms with E-state index < -0.39 is 10.0 Å². The van der Waals surface area contributed by atoms with E-state index in [1.807, 2.05) is 42.5 Å². The number of aromatic amines is 1. The van der Waals surface area contributed by atoms with Crippen LogP contribution in [0.1, 0.15) is 11.1 Å². The molecule has 2 N–H and O–H groups in total. The third-order valence-corrected chi connectivity index (χ3v) is 6.33. The second-order valence-corrected chi connectivity index (χ2v) is 8.70. The summed E-state index contributed by atoms with van der Waals surface area (Å²) in [7, 11) is -3.80. The molecule has 2 heterocycles. The van der Waals surface area contributed by atoms with Gasteiger partial charge in [-0.25, -0.2) is 8.42 Å². The number of para-hydroxylation sites is 2. The summed E-state index contributed by atoms with van der Waals surface area (Å²) in [6.45, 7) is 0. The average molecular weight is 423 g/mol. The van der Waals surface area contributed by atoms with Crippen LogP contribution in [0.3, 0.4) is 0 Å². The maximum atomic E-state index is 13.1. The van der Waals surface area contributed by atoms with Crippen molar-refractivity contribution in [1.29, 1.82) is 0 Å². The van der Waals surface area contributed by atoms with Gasteiger partial charge in [-0.1, -0.05) is 48.2 Å². The number of nitrogens with one attached hydrogen (secondary N) is 2. The highest BCUT2D eigenvalue weighted by Crippen LogP contribution is 2.28. The van der Waals surface area contributed by atoms with E-state index in [1.54, 1.807) is 48.8 Å². The minimum Gasteiger partial charge on any atom is -0.354 e. The Morgan fingerprint density at radius 3 is 2.48 bits per heavy atom. The highest BCUT2D eigenvalue weighted by molar-refractivity contribution is 7.92. The Morgan fingerprint density at radius 1 is 0.806 bits per heavy atom. The lowest BCUT2D eigenvalue weighted by Gasteiger charge is -2.10. The van der Waals surface area contributed by atoms with E-state index >= 15 is 0 Å². The van der Waals surface area contributed by atoms with Gasteiger partial charge >= 0.3 is 0 Å². The lowest BCUT2D eigenvalue weighted by molar-refractivity contribution is 0.601. The standard InChI is InChI=1S/C25H17N3O2S/c29-31(30,20-13-14-22-21-8-2-4-10-24(21)27-25(22)16-20)28-23-9-3-1-7-19(23)12-11-18-6-5-15-26-17-18/h1-10,13-17,27-28H. The van der Waals surface area contributed by atoms with Crippen molar-refractivity contribution in [1.82, 2.24) is 9.97 Å². The van der Waals surface area contributed by atoms with Gasteiger partial charge in [0.15, 0.2) is 0 Å². The Hall–Kier alpha value is -4.08. The summed E-state index contributed by atoms with van der Waals surface area (Å²) in [5.74, 6) is 6.04. The fourth-order valence-corrected chi connectivity index (χ4v) is 4.57. The number of hydrogen-bond acceptors (Lipinski definition) is 3. The first kappa shape index (κ1) is 18.9. The summed E-state index contributed by atoms with van der Waals surface area (Å²) in [5.41, 5.74) is 3.51. The van der Waals surface area contributed by atoms with Crippen LogP contribution in [-0.4, -0.2) is 18.4 Å². The van der Waals surface area contributed by atoms with E-state index in [4.69, 9.17) is 0 Å². The summed E-state index contributed by atoms with van der Waals surface area (Å²) >= 11 is 0. The number of pyridine rings is 1. The molecule has 0 unspecified atom stereocenters. The van der Waals surface area contributed by atoms with Crippen molar-refractivity contribution < 1.29 is 8.42 Å². The van der Waals surface area contributed by atoms with Gasteiger partial charge in [-0.2, -0.15) is 0 Å². The summed E-state index contributed by atoms with van der Waals surface area (Å²) in [4.78, 5) is 7.51. The summed E-state index contributed by atoms with van der Waals surface area (Å²) in [6.07, 6.45) is 3.34. The van der Waals surface area contributed by atoms with Crippen LogP contribution in [0.5, 0.6) is 0 Å². The van der Waals surface area contributed by atoms with Crippen LogP contribution in [0.2, 0.25) is 0 Å². The molecular weight excluding hydrogens is 406 g/mol. The van der Waals surface area contributed by atoms with E-state index in [0.717, 1.165) is 27.4 Å². The van der Waals surface area contributed by atoms with Gasteiger partial charge in [0.05, 0.1) is 10.6 Å². The molecule has 6 heteroatoms. The first-order chi connectivity index (χ1) is 15.1. The molecule has 0 saturated carbocycles. The minimum atomic E-state index is -3.80. The Bertz CT molecular complexity index is 1580. The quantitative estimate of drug-likeness (QED) is 0.405. The molecule has 0 aliphatic rings. The van der Waals surface area contributed by atoms with Crippen LogP contribution in [-0.2, 0) is 10.0 Å². The number of hydrogen-bond donors (Lipinski definition) is 2. The predicted molar refractivity (Wildman–Crippen MR) is 123 cm³/mol. The Balaban J connectivity index is 1.50. The monoisotopic (exact) mass is 423 g/mol. The van der Waals surface area contributed by atoms with Crippen molar-refractivity contribution in [3.05, 3.63) is 102 Å². The molecule has 5 rings (SSSR count). The third-order valence-electron chi connectivity index (χ3n) is 4.96. The maximum absolute atomic E-state index is 13.1. The second-order valence-electron chi connectivity index (χ2n) is 7.02. The highest BCUT2D eigenvalue weighted by atomic mass is 32.2. The molecule has 5 nitrogen and oxygen atoms in total. The Labute approximate surface area is 179 Å². The number of aromatic nitrogens is 2. The zero-order valence-electron chi connectivity index (χ0n) is 16.3. The van der Waals surface area contributed by atoms with Crippen molar-refractivity contribution in [2.75, 3.05) is 4.72 Å². The van der Waals surface area contributed by atoms with E-state index in [0.29, 0.717) is 11.3 Å². The van der Waals surface area contributed by atoms with E-state index in [2.05, 4.69) is 26.5 Å². The summed E-state index contributed by atoms with van der Waals surface area (Å²) < 4.78 is 28.9. The van der Waals surface area contributed by atoms with Crippen LogP contribution in [0.4, 0.5) is 5.69 Å². The number of H-pyrrole nitrogens is 1. The molecule has 0 fully saturated rings. The van der Waals surface area contributed by atoms with Crippen LogP contribution < -0.4 is 4.72 Å². The molecule has 31 heavy (non-hydrogen) atoms. The number of nitrogens with zero attached hydrogens (tertiary/aromatic N) is 1. The van der Waals surface area contributed by atoms with E-state index in [9.17, 15) is 8.42 Å². The molecule has 0 aliphatic carbocycles. The van der Waals surface area contributed by atoms with Gasteiger partial charge in [-0.3, -0.25) is 9.71 Å². The Morgan fingerprint density at radius 2 is 1.61 bits per heavy atom. The highest BCUT2D eigenvalue weighted by Gasteiger charge is 2.17. The van der Waals surface area contributed by atoms with Gasteiger partial charge in [0.1, 0.15) is 0 Å². The Kier molecular flexibility index (Phi) is 4.66. The molecule has 2 aromatic heterocycles. The average Bonchev–Trinajstić information content (AvgIpc) is 3.17. The molecule has 5 aromatic rings. The van der Waals surface area contributed by atoms with Crippen molar-refractivity contribution in [2.45, 2.75) is 4.90 Å². The smallest absolute Gasteiger partial charge is 0.262 e. The lowest BCUT2D eigenvalue weighted by atomic mass is 10.1. The molecule has 150 valence electrons. The van der Waals surface area contributed by atoms with Crippen molar-refractivity contribution in [3.8, 4) is 11.8 Å². The summed E-state index contributed by atoms with van der Waals surface area (Å²) in [6, 6.07) is 23.7. The second kappa shape index (κ2) is 7.63. The number of benzene rings is 3. The van der Waals surface area contributed by atoms with Gasteiger partial charge in [-0.15, -0.1) is 0 Å². The van der Waals surface area contributed by atoms with Gasteiger partial charge < -0.3 is 4.98 Å². The van der Waals surface area contributed by atoms with Gasteiger partial charge in [-0.05, 0) is 42.5 Å². The number of sulfonamides is 1. The van der Waals surface area contributed by atoms with E-state index in [-0.39, 0.29) is 4.90 Å². The molecule has 0 atom stereocenters. The topological polar surface area (TPSA) is 74.8 Å². The van der Waals surface area contributed by atoms with Gasteiger partial charge in [0.2, 0.25) is 0 Å². The minimum absolute atomic E-state index is 0.182. The van der Waals surface area contributed by atoms with Gasteiger partial charge in [0.25, 0.3) is 10.0 Å². The molecule has 0 spiro atoms. The summed E-state index contributed by atoms with van der Waals surface area (Å²) in [5, 5.41) is 2.04. The van der Waals surface area contributed by atoms with Crippen molar-refractivity contribution in [3.63, 3.8) is 0 Å². The van der Waals surface area contributed by atoms with E-state index in [1.165, 1.54) is 0 Å². The van der Waals surface area contributed by atoms with Crippen molar-refractivity contribution >= 4 is 37.5 Å². The molecular formula is C25H17N3O2S. The third kappa shape index (κ3) is 3.75.